The smallest absolute Gasteiger partial charge is 0.147 e. The minimum absolute atomic E-state index is 0.229. The number of halogens is 2. The minimum Gasteiger partial charge on any atom is -0.368 e. The number of nitrogens with one attached hydrogen (secondary N) is 1. The third-order valence-electron chi connectivity index (χ3n) is 3.24. The summed E-state index contributed by atoms with van der Waals surface area (Å²) in [5, 5.41) is 3.97. The summed E-state index contributed by atoms with van der Waals surface area (Å²) in [6.07, 6.45) is 2.25. The number of hydrogen-bond acceptors (Lipinski definition) is 2. The Labute approximate surface area is 113 Å². The largest absolute Gasteiger partial charge is 0.368 e. The normalized spacial score (nSPS) is 20.5. The van der Waals surface area contributed by atoms with Crippen molar-refractivity contribution < 1.29 is 4.39 Å². The zero-order valence-electron chi connectivity index (χ0n) is 10.9. The van der Waals surface area contributed by atoms with E-state index in [4.69, 9.17) is 11.6 Å². The van der Waals surface area contributed by atoms with Gasteiger partial charge in [0.05, 0.1) is 5.69 Å². The Bertz CT molecular complexity index is 409. The highest BCUT2D eigenvalue weighted by Crippen LogP contribution is 2.25. The third kappa shape index (κ3) is 3.36. The average Bonchev–Trinajstić information content (AvgIpc) is 2.28. The van der Waals surface area contributed by atoms with Crippen molar-refractivity contribution >= 4 is 17.3 Å². The van der Waals surface area contributed by atoms with Gasteiger partial charge in [0.15, 0.2) is 0 Å². The molecule has 1 atom stereocenters. The van der Waals surface area contributed by atoms with Crippen LogP contribution in [0.2, 0.25) is 5.02 Å². The zero-order chi connectivity index (χ0) is 13.1. The quantitative estimate of drug-likeness (QED) is 0.905. The molecule has 18 heavy (non-hydrogen) atoms. The van der Waals surface area contributed by atoms with E-state index in [2.05, 4.69) is 24.1 Å². The molecule has 2 rings (SSSR count). The van der Waals surface area contributed by atoms with Gasteiger partial charge in [-0.3, -0.25) is 0 Å². The highest BCUT2D eigenvalue weighted by atomic mass is 35.5. The molecule has 1 aliphatic rings. The molecule has 0 bridgehead atoms. The summed E-state index contributed by atoms with van der Waals surface area (Å²) in [6.45, 7) is 6.05. The Kier molecular flexibility index (Phi) is 4.46. The van der Waals surface area contributed by atoms with Crippen LogP contribution in [0.25, 0.3) is 0 Å². The molecule has 1 fully saturated rings. The summed E-state index contributed by atoms with van der Waals surface area (Å²) in [6, 6.07) is 5.81. The Morgan fingerprint density at radius 1 is 1.44 bits per heavy atom. The molecule has 2 nitrogen and oxygen atoms in total. The topological polar surface area (TPSA) is 15.3 Å². The zero-order valence-corrected chi connectivity index (χ0v) is 11.7. The van der Waals surface area contributed by atoms with Crippen molar-refractivity contribution in [1.82, 2.24) is 5.32 Å². The van der Waals surface area contributed by atoms with Crippen LogP contribution in [0.15, 0.2) is 18.2 Å². The van der Waals surface area contributed by atoms with Crippen LogP contribution < -0.4 is 10.2 Å². The fraction of sp³-hybridized carbons (Fsp3) is 0.571. The second kappa shape index (κ2) is 5.89. The second-order valence-electron chi connectivity index (χ2n) is 5.20. The minimum atomic E-state index is -0.229. The lowest BCUT2D eigenvalue weighted by atomic mass is 10.0. The van der Waals surface area contributed by atoms with Crippen LogP contribution in [-0.2, 0) is 0 Å². The summed E-state index contributed by atoms with van der Waals surface area (Å²) < 4.78 is 13.9. The molecule has 0 saturated carbocycles. The molecule has 1 N–H and O–H groups in total. The van der Waals surface area contributed by atoms with Crippen molar-refractivity contribution in [1.29, 1.82) is 0 Å². The van der Waals surface area contributed by atoms with Crippen molar-refractivity contribution in [3.63, 3.8) is 0 Å². The molecule has 1 heterocycles. The number of benzene rings is 1. The van der Waals surface area contributed by atoms with Crippen LogP contribution in [0, 0.1) is 5.82 Å². The number of nitrogens with zero attached hydrogens (tertiary/aromatic N) is 1. The summed E-state index contributed by atoms with van der Waals surface area (Å²) in [7, 11) is 0. The highest BCUT2D eigenvalue weighted by Gasteiger charge is 2.22. The van der Waals surface area contributed by atoms with Crippen LogP contribution in [0.3, 0.4) is 0 Å². The molecule has 4 heteroatoms. The molecule has 0 aromatic heterocycles. The van der Waals surface area contributed by atoms with Gasteiger partial charge in [0.2, 0.25) is 0 Å². The van der Waals surface area contributed by atoms with Gasteiger partial charge in [-0.2, -0.15) is 0 Å². The maximum atomic E-state index is 13.9. The van der Waals surface area contributed by atoms with E-state index >= 15 is 0 Å². The maximum absolute atomic E-state index is 13.9. The number of rotatable bonds is 3. The molecular weight excluding hydrogens is 251 g/mol. The SMILES string of the molecule is CC(C)NC1CCCN(c2ccc(Cl)cc2F)C1. The fourth-order valence-electron chi connectivity index (χ4n) is 2.54. The van der Waals surface area contributed by atoms with Crippen molar-refractivity contribution in [2.45, 2.75) is 38.8 Å². The molecule has 0 radical (unpaired) electrons. The molecule has 100 valence electrons. The first kappa shape index (κ1) is 13.6. The van der Waals surface area contributed by atoms with E-state index in [9.17, 15) is 4.39 Å². The van der Waals surface area contributed by atoms with Gasteiger partial charge in [-0.25, -0.2) is 4.39 Å². The lowest BCUT2D eigenvalue weighted by Crippen LogP contribution is -2.48. The monoisotopic (exact) mass is 270 g/mol. The van der Waals surface area contributed by atoms with Crippen molar-refractivity contribution in [3.8, 4) is 0 Å². The Morgan fingerprint density at radius 2 is 2.22 bits per heavy atom. The van der Waals surface area contributed by atoms with Crippen LogP contribution >= 0.6 is 11.6 Å². The van der Waals surface area contributed by atoms with E-state index in [0.717, 1.165) is 25.9 Å². The first-order chi connectivity index (χ1) is 8.56. The summed E-state index contributed by atoms with van der Waals surface area (Å²) >= 11 is 5.78. The third-order valence-corrected chi connectivity index (χ3v) is 3.48. The number of piperidine rings is 1. The van der Waals surface area contributed by atoms with E-state index in [1.807, 2.05) is 0 Å². The van der Waals surface area contributed by atoms with Gasteiger partial charge in [0, 0.05) is 30.2 Å². The molecule has 0 amide bonds. The average molecular weight is 271 g/mol. The summed E-state index contributed by atoms with van der Waals surface area (Å²) in [5.74, 6) is -0.229. The van der Waals surface area contributed by atoms with E-state index in [-0.39, 0.29) is 5.82 Å². The van der Waals surface area contributed by atoms with E-state index < -0.39 is 0 Å². The van der Waals surface area contributed by atoms with E-state index in [0.29, 0.717) is 22.8 Å². The molecule has 1 saturated heterocycles. The van der Waals surface area contributed by atoms with Gasteiger partial charge in [-0.15, -0.1) is 0 Å². The number of anilines is 1. The molecule has 1 aliphatic heterocycles. The fourth-order valence-corrected chi connectivity index (χ4v) is 2.70. The Balaban J connectivity index is 2.08. The lowest BCUT2D eigenvalue weighted by Gasteiger charge is -2.36. The molecule has 1 aromatic carbocycles. The van der Waals surface area contributed by atoms with Crippen LogP contribution in [0.4, 0.5) is 10.1 Å². The van der Waals surface area contributed by atoms with Crippen LogP contribution in [0.1, 0.15) is 26.7 Å². The van der Waals surface area contributed by atoms with Crippen molar-refractivity contribution in [2.75, 3.05) is 18.0 Å². The maximum Gasteiger partial charge on any atom is 0.147 e. The van der Waals surface area contributed by atoms with Gasteiger partial charge in [-0.1, -0.05) is 25.4 Å². The molecule has 1 aromatic rings. The first-order valence-corrected chi connectivity index (χ1v) is 6.90. The lowest BCUT2D eigenvalue weighted by molar-refractivity contribution is 0.392. The first-order valence-electron chi connectivity index (χ1n) is 6.52. The van der Waals surface area contributed by atoms with Gasteiger partial charge >= 0.3 is 0 Å². The molecular formula is C14H20ClFN2. The van der Waals surface area contributed by atoms with Gasteiger partial charge in [0.25, 0.3) is 0 Å². The number of hydrogen-bond donors (Lipinski definition) is 1. The standard InChI is InChI=1S/C14H20ClFN2/c1-10(2)17-12-4-3-7-18(9-12)14-6-5-11(15)8-13(14)16/h5-6,8,10,12,17H,3-4,7,9H2,1-2H3. The van der Waals surface area contributed by atoms with Crippen molar-refractivity contribution in [3.05, 3.63) is 29.0 Å². The summed E-state index contributed by atoms with van der Waals surface area (Å²) in [4.78, 5) is 2.11. The molecule has 1 unspecified atom stereocenters. The summed E-state index contributed by atoms with van der Waals surface area (Å²) in [5.41, 5.74) is 0.662. The van der Waals surface area contributed by atoms with Gasteiger partial charge < -0.3 is 10.2 Å². The van der Waals surface area contributed by atoms with E-state index in [1.54, 1.807) is 12.1 Å². The van der Waals surface area contributed by atoms with Crippen molar-refractivity contribution in [2.24, 2.45) is 0 Å². The molecule has 0 aliphatic carbocycles. The van der Waals surface area contributed by atoms with E-state index in [1.165, 1.54) is 6.07 Å². The van der Waals surface area contributed by atoms with Crippen LogP contribution in [0.5, 0.6) is 0 Å². The Hall–Kier alpha value is -0.800. The highest BCUT2D eigenvalue weighted by molar-refractivity contribution is 6.30. The van der Waals surface area contributed by atoms with Gasteiger partial charge in [-0.05, 0) is 31.0 Å². The predicted octanol–water partition coefficient (Wildman–Crippen LogP) is 3.45. The predicted molar refractivity (Wildman–Crippen MR) is 74.9 cm³/mol. The molecule has 0 spiro atoms. The second-order valence-corrected chi connectivity index (χ2v) is 5.64. The van der Waals surface area contributed by atoms with Gasteiger partial charge in [0.1, 0.15) is 5.82 Å². The Morgan fingerprint density at radius 3 is 2.89 bits per heavy atom. The van der Waals surface area contributed by atoms with Crippen LogP contribution in [-0.4, -0.2) is 25.2 Å².